The van der Waals surface area contributed by atoms with Gasteiger partial charge in [0.25, 0.3) is 5.69 Å². The highest BCUT2D eigenvalue weighted by Crippen LogP contribution is 2.30. The summed E-state index contributed by atoms with van der Waals surface area (Å²) in [5.41, 5.74) is 6.94. The molecule has 2 aromatic rings. The number of rotatable bonds is 4. The number of nitrogen functional groups attached to an aromatic ring is 1. The molecule has 0 saturated heterocycles. The van der Waals surface area contributed by atoms with E-state index >= 15 is 0 Å². The van der Waals surface area contributed by atoms with Crippen LogP contribution in [0.2, 0.25) is 0 Å². The van der Waals surface area contributed by atoms with E-state index < -0.39 is 4.92 Å². The quantitative estimate of drug-likeness (QED) is 0.583. The van der Waals surface area contributed by atoms with E-state index in [1.54, 1.807) is 13.1 Å². The molecule has 0 aliphatic rings. The van der Waals surface area contributed by atoms with Gasteiger partial charge in [-0.1, -0.05) is 0 Å². The first-order valence-corrected chi connectivity index (χ1v) is 6.11. The summed E-state index contributed by atoms with van der Waals surface area (Å²) in [6, 6.07) is 0. The maximum Gasteiger partial charge on any atom is 0.291 e. The van der Waals surface area contributed by atoms with Crippen molar-refractivity contribution in [3.63, 3.8) is 0 Å². The topological polar surface area (TPSA) is 123 Å². The lowest BCUT2D eigenvalue weighted by Crippen LogP contribution is -2.05. The minimum atomic E-state index is -0.467. The largest absolute Gasteiger partial charge is 0.384 e. The Hall–Kier alpha value is -2.16. The van der Waals surface area contributed by atoms with Crippen molar-refractivity contribution in [2.45, 2.75) is 13.5 Å². The third-order valence-electron chi connectivity index (χ3n) is 2.63. The molecule has 2 aromatic heterocycles. The van der Waals surface area contributed by atoms with Crippen molar-refractivity contribution in [1.82, 2.24) is 15.2 Å². The molecule has 0 fully saturated rings. The van der Waals surface area contributed by atoms with Crippen LogP contribution < -0.4 is 11.1 Å². The Balaban J connectivity index is 2.20. The number of aromatic nitrogens is 3. The minimum absolute atomic E-state index is 0.0275. The number of halogens is 1. The van der Waals surface area contributed by atoms with Crippen molar-refractivity contribution >= 4 is 33.3 Å². The third-order valence-corrected chi connectivity index (χ3v) is 3.60. The summed E-state index contributed by atoms with van der Waals surface area (Å²) < 4.78 is 0.559. The maximum atomic E-state index is 10.8. The molecule has 0 aliphatic heterocycles. The Morgan fingerprint density at radius 3 is 2.89 bits per heavy atom. The number of anilines is 2. The SMILES string of the molecule is Cc1c([N+](=O)[O-])cnc(NCc2cn[nH]c2N)c1Br. The van der Waals surface area contributed by atoms with Crippen molar-refractivity contribution in [1.29, 1.82) is 0 Å². The second kappa shape index (κ2) is 5.22. The summed E-state index contributed by atoms with van der Waals surface area (Å²) in [4.78, 5) is 14.3. The molecule has 100 valence electrons. The van der Waals surface area contributed by atoms with Crippen molar-refractivity contribution in [2.24, 2.45) is 0 Å². The van der Waals surface area contributed by atoms with E-state index in [-0.39, 0.29) is 5.69 Å². The third kappa shape index (κ3) is 2.65. The average molecular weight is 327 g/mol. The first-order valence-electron chi connectivity index (χ1n) is 5.31. The highest BCUT2D eigenvalue weighted by molar-refractivity contribution is 9.10. The van der Waals surface area contributed by atoms with Gasteiger partial charge in [-0.3, -0.25) is 15.2 Å². The highest BCUT2D eigenvalue weighted by atomic mass is 79.9. The molecular formula is C10H11BrN6O2. The Labute approximate surface area is 116 Å². The predicted octanol–water partition coefficient (Wildman–Crippen LogP) is 1.98. The molecule has 19 heavy (non-hydrogen) atoms. The molecule has 4 N–H and O–H groups in total. The smallest absolute Gasteiger partial charge is 0.291 e. The summed E-state index contributed by atoms with van der Waals surface area (Å²) in [6.07, 6.45) is 2.83. The molecule has 0 unspecified atom stereocenters. The fraction of sp³-hybridized carbons (Fsp3) is 0.200. The number of pyridine rings is 1. The number of nitrogens with one attached hydrogen (secondary N) is 2. The molecule has 0 amide bonds. The van der Waals surface area contributed by atoms with Crippen molar-refractivity contribution < 1.29 is 4.92 Å². The van der Waals surface area contributed by atoms with Crippen LogP contribution in [0.1, 0.15) is 11.1 Å². The zero-order valence-electron chi connectivity index (χ0n) is 9.98. The molecule has 2 rings (SSSR count). The van der Waals surface area contributed by atoms with Gasteiger partial charge in [0.1, 0.15) is 17.8 Å². The van der Waals surface area contributed by atoms with Crippen LogP contribution in [0.3, 0.4) is 0 Å². The fourth-order valence-electron chi connectivity index (χ4n) is 1.52. The molecule has 0 saturated carbocycles. The molecule has 0 spiro atoms. The Bertz CT molecular complexity index is 626. The second-order valence-electron chi connectivity index (χ2n) is 3.85. The number of nitrogens with zero attached hydrogens (tertiary/aromatic N) is 3. The van der Waals surface area contributed by atoms with Gasteiger partial charge in [0, 0.05) is 17.7 Å². The van der Waals surface area contributed by atoms with Gasteiger partial charge in [-0.2, -0.15) is 5.10 Å². The lowest BCUT2D eigenvalue weighted by atomic mass is 10.2. The Morgan fingerprint density at radius 2 is 2.32 bits per heavy atom. The van der Waals surface area contributed by atoms with Gasteiger partial charge in [0.05, 0.1) is 15.6 Å². The van der Waals surface area contributed by atoms with E-state index in [0.29, 0.717) is 28.2 Å². The fourth-order valence-corrected chi connectivity index (χ4v) is 1.96. The van der Waals surface area contributed by atoms with E-state index in [9.17, 15) is 10.1 Å². The summed E-state index contributed by atoms with van der Waals surface area (Å²) >= 11 is 3.30. The van der Waals surface area contributed by atoms with E-state index in [1.165, 1.54) is 6.20 Å². The lowest BCUT2D eigenvalue weighted by Gasteiger charge is -2.08. The van der Waals surface area contributed by atoms with Gasteiger partial charge in [-0.05, 0) is 22.9 Å². The van der Waals surface area contributed by atoms with Crippen molar-refractivity contribution in [3.8, 4) is 0 Å². The van der Waals surface area contributed by atoms with Gasteiger partial charge >= 0.3 is 0 Å². The Kier molecular flexibility index (Phi) is 3.65. The summed E-state index contributed by atoms with van der Waals surface area (Å²) in [6.45, 7) is 2.08. The van der Waals surface area contributed by atoms with Gasteiger partial charge in [0.15, 0.2) is 0 Å². The minimum Gasteiger partial charge on any atom is -0.384 e. The zero-order valence-corrected chi connectivity index (χ0v) is 11.6. The molecule has 9 heteroatoms. The molecule has 0 radical (unpaired) electrons. The van der Waals surface area contributed by atoms with Crippen LogP contribution >= 0.6 is 15.9 Å². The number of nitro groups is 1. The monoisotopic (exact) mass is 326 g/mol. The number of H-pyrrole nitrogens is 1. The molecule has 0 bridgehead atoms. The number of aromatic amines is 1. The van der Waals surface area contributed by atoms with Crippen LogP contribution in [0.4, 0.5) is 17.3 Å². The van der Waals surface area contributed by atoms with Gasteiger partial charge < -0.3 is 11.1 Å². The standard InChI is InChI=1S/C10H11BrN6O2/c1-5-7(17(18)19)4-14-10(8(5)11)13-2-6-3-15-16-9(6)12/h3-4H,2H2,1H3,(H,13,14)(H3,12,15,16). The van der Waals surface area contributed by atoms with Crippen LogP contribution in [-0.4, -0.2) is 20.1 Å². The molecule has 8 nitrogen and oxygen atoms in total. The Morgan fingerprint density at radius 1 is 1.58 bits per heavy atom. The molecule has 0 aromatic carbocycles. The van der Waals surface area contributed by atoms with Crippen LogP contribution in [0.25, 0.3) is 0 Å². The number of hydrogen-bond acceptors (Lipinski definition) is 6. The molecule has 2 heterocycles. The lowest BCUT2D eigenvalue weighted by molar-refractivity contribution is -0.385. The molecular weight excluding hydrogens is 316 g/mol. The normalized spacial score (nSPS) is 10.4. The second-order valence-corrected chi connectivity index (χ2v) is 4.64. The van der Waals surface area contributed by atoms with E-state index in [4.69, 9.17) is 5.73 Å². The summed E-state index contributed by atoms with van der Waals surface area (Å²) in [7, 11) is 0. The van der Waals surface area contributed by atoms with E-state index in [0.717, 1.165) is 5.56 Å². The van der Waals surface area contributed by atoms with Crippen LogP contribution in [0.15, 0.2) is 16.9 Å². The molecule has 0 atom stereocenters. The first-order chi connectivity index (χ1) is 9.00. The van der Waals surface area contributed by atoms with Gasteiger partial charge in [-0.25, -0.2) is 4.98 Å². The highest BCUT2D eigenvalue weighted by Gasteiger charge is 2.17. The molecule has 0 aliphatic carbocycles. The van der Waals surface area contributed by atoms with Crippen LogP contribution in [0, 0.1) is 17.0 Å². The van der Waals surface area contributed by atoms with Crippen LogP contribution in [0.5, 0.6) is 0 Å². The van der Waals surface area contributed by atoms with Gasteiger partial charge in [-0.15, -0.1) is 0 Å². The van der Waals surface area contributed by atoms with E-state index in [1.807, 2.05) is 0 Å². The van der Waals surface area contributed by atoms with Crippen molar-refractivity contribution in [2.75, 3.05) is 11.1 Å². The van der Waals surface area contributed by atoms with Crippen molar-refractivity contribution in [3.05, 3.63) is 38.1 Å². The average Bonchev–Trinajstić information content (AvgIpc) is 2.76. The predicted molar refractivity (Wildman–Crippen MR) is 73.7 cm³/mol. The van der Waals surface area contributed by atoms with Gasteiger partial charge in [0.2, 0.25) is 0 Å². The van der Waals surface area contributed by atoms with Crippen LogP contribution in [-0.2, 0) is 6.54 Å². The van der Waals surface area contributed by atoms with E-state index in [2.05, 4.69) is 36.4 Å². The zero-order chi connectivity index (χ0) is 14.0. The summed E-state index contributed by atoms with van der Waals surface area (Å²) in [5, 5.41) is 20.2. The number of nitrogens with two attached hydrogens (primary N) is 1. The summed E-state index contributed by atoms with van der Waals surface area (Å²) in [5.74, 6) is 0.992. The maximum absolute atomic E-state index is 10.8. The first kappa shape index (κ1) is 13.3. The number of hydrogen-bond donors (Lipinski definition) is 3.